The van der Waals surface area contributed by atoms with Gasteiger partial charge in [-0.3, -0.25) is 0 Å². The predicted octanol–water partition coefficient (Wildman–Crippen LogP) is 3.16. The molecular formula is C18H24F2N4O3. The van der Waals surface area contributed by atoms with Crippen LogP contribution in [0.5, 0.6) is 11.5 Å². The fraction of sp³-hybridized carbons (Fsp3) is 0.444. The molecule has 2 rings (SSSR count). The van der Waals surface area contributed by atoms with Crippen molar-refractivity contribution in [1.82, 2.24) is 15.6 Å². The molecule has 0 saturated carbocycles. The molecule has 1 heterocycles. The number of ether oxygens (including phenoxy) is 2. The number of hydrogen-bond donors (Lipinski definition) is 2. The van der Waals surface area contributed by atoms with Gasteiger partial charge in [-0.05, 0) is 32.9 Å². The number of hydrogen-bond acceptors (Lipinski definition) is 5. The summed E-state index contributed by atoms with van der Waals surface area (Å²) in [6.45, 7) is 3.85. The predicted molar refractivity (Wildman–Crippen MR) is 97.3 cm³/mol. The van der Waals surface area contributed by atoms with Crippen molar-refractivity contribution in [2.75, 3.05) is 13.7 Å². The van der Waals surface area contributed by atoms with Gasteiger partial charge in [-0.15, -0.1) is 0 Å². The summed E-state index contributed by atoms with van der Waals surface area (Å²) in [5, 5.41) is 6.18. The molecule has 0 aliphatic carbocycles. The van der Waals surface area contributed by atoms with Crippen LogP contribution in [0.2, 0.25) is 0 Å². The summed E-state index contributed by atoms with van der Waals surface area (Å²) in [7, 11) is 1.46. The van der Waals surface area contributed by atoms with E-state index >= 15 is 0 Å². The number of halogens is 2. The Kier molecular flexibility index (Phi) is 7.39. The van der Waals surface area contributed by atoms with Crippen LogP contribution in [0.1, 0.15) is 29.8 Å². The van der Waals surface area contributed by atoms with E-state index in [1.165, 1.54) is 13.2 Å². The highest BCUT2D eigenvalue weighted by atomic mass is 19.3. The minimum absolute atomic E-state index is 0.0305. The van der Waals surface area contributed by atoms with Crippen molar-refractivity contribution < 1.29 is 22.7 Å². The van der Waals surface area contributed by atoms with Gasteiger partial charge < -0.3 is 24.5 Å². The second-order valence-electron chi connectivity index (χ2n) is 5.65. The molecule has 27 heavy (non-hydrogen) atoms. The molecule has 2 aromatic rings. The van der Waals surface area contributed by atoms with Gasteiger partial charge in [0.05, 0.1) is 25.9 Å². The Morgan fingerprint density at radius 2 is 2.07 bits per heavy atom. The minimum atomic E-state index is -2.93. The molecule has 0 amide bonds. The number of nitrogens with zero attached hydrogens (tertiary/aromatic N) is 2. The lowest BCUT2D eigenvalue weighted by Crippen LogP contribution is -2.36. The summed E-state index contributed by atoms with van der Waals surface area (Å²) in [5.41, 5.74) is 1.34. The normalized spacial score (nSPS) is 11.6. The Balaban J connectivity index is 2.10. The molecule has 0 aliphatic heterocycles. The zero-order valence-corrected chi connectivity index (χ0v) is 15.8. The molecule has 0 atom stereocenters. The number of guanidine groups is 1. The molecule has 0 spiro atoms. The molecule has 0 saturated heterocycles. The van der Waals surface area contributed by atoms with Gasteiger partial charge in [-0.25, -0.2) is 9.98 Å². The molecule has 1 aromatic carbocycles. The van der Waals surface area contributed by atoms with Gasteiger partial charge in [-0.1, -0.05) is 0 Å². The fourth-order valence-corrected chi connectivity index (χ4v) is 2.28. The van der Waals surface area contributed by atoms with Crippen molar-refractivity contribution in [3.8, 4) is 11.5 Å². The van der Waals surface area contributed by atoms with E-state index in [2.05, 4.69) is 25.3 Å². The Bertz CT molecular complexity index is 758. The first-order valence-corrected chi connectivity index (χ1v) is 8.49. The summed E-state index contributed by atoms with van der Waals surface area (Å²) in [6.07, 6.45) is 0. The third-order valence-corrected chi connectivity index (χ3v) is 3.72. The van der Waals surface area contributed by atoms with Crippen molar-refractivity contribution in [3.05, 3.63) is 41.1 Å². The van der Waals surface area contributed by atoms with Crippen molar-refractivity contribution in [3.63, 3.8) is 0 Å². The number of aliphatic imine (C=N–C) groups is 1. The largest absolute Gasteiger partial charge is 0.497 e. The monoisotopic (exact) mass is 382 g/mol. The molecule has 0 unspecified atom stereocenters. The standard InChI is InChI=1S/C18H24F2N4O3/c1-5-21-18(23-10-16-24-11(2)12(3)26-16)22-9-13-6-7-14(25-4)8-15(13)27-17(19)20/h6-8,17H,5,9-10H2,1-4H3,(H2,21,22,23). The first-order chi connectivity index (χ1) is 12.9. The molecule has 0 aliphatic rings. The lowest BCUT2D eigenvalue weighted by atomic mass is 10.2. The molecule has 0 radical (unpaired) electrons. The zero-order valence-electron chi connectivity index (χ0n) is 15.8. The first-order valence-electron chi connectivity index (χ1n) is 8.49. The van der Waals surface area contributed by atoms with Gasteiger partial charge in [0.2, 0.25) is 5.89 Å². The highest BCUT2D eigenvalue weighted by Crippen LogP contribution is 2.27. The third-order valence-electron chi connectivity index (χ3n) is 3.72. The van der Waals surface area contributed by atoms with E-state index in [0.29, 0.717) is 36.3 Å². The lowest BCUT2D eigenvalue weighted by molar-refractivity contribution is -0.0505. The number of aromatic nitrogens is 1. The number of rotatable bonds is 8. The number of nitrogens with one attached hydrogen (secondary N) is 2. The second kappa shape index (κ2) is 9.75. The Morgan fingerprint density at radius 1 is 1.30 bits per heavy atom. The van der Waals surface area contributed by atoms with Gasteiger partial charge in [0.15, 0.2) is 5.96 Å². The van der Waals surface area contributed by atoms with Crippen LogP contribution >= 0.6 is 0 Å². The molecule has 9 heteroatoms. The van der Waals surface area contributed by atoms with Crippen molar-refractivity contribution in [2.24, 2.45) is 4.99 Å². The summed E-state index contributed by atoms with van der Waals surface area (Å²) in [5.74, 6) is 2.27. The smallest absolute Gasteiger partial charge is 0.387 e. The van der Waals surface area contributed by atoms with E-state index in [-0.39, 0.29) is 12.3 Å². The number of oxazole rings is 1. The molecule has 0 fully saturated rings. The third kappa shape index (κ3) is 6.12. The zero-order chi connectivity index (χ0) is 19.8. The van der Waals surface area contributed by atoms with Gasteiger partial charge in [0.25, 0.3) is 0 Å². The summed E-state index contributed by atoms with van der Waals surface area (Å²) in [4.78, 5) is 8.71. The van der Waals surface area contributed by atoms with Crippen molar-refractivity contribution in [1.29, 1.82) is 0 Å². The summed E-state index contributed by atoms with van der Waals surface area (Å²) < 4.78 is 40.5. The number of aryl methyl sites for hydroxylation is 2. The van der Waals surface area contributed by atoms with Crippen LogP contribution in [0.25, 0.3) is 0 Å². The van der Waals surface area contributed by atoms with Crippen LogP contribution in [0.4, 0.5) is 8.78 Å². The Morgan fingerprint density at radius 3 is 2.67 bits per heavy atom. The van der Waals surface area contributed by atoms with Gasteiger partial charge in [0.1, 0.15) is 17.3 Å². The van der Waals surface area contributed by atoms with Crippen molar-refractivity contribution in [2.45, 2.75) is 40.5 Å². The molecule has 148 valence electrons. The second-order valence-corrected chi connectivity index (χ2v) is 5.65. The van der Waals surface area contributed by atoms with Crippen LogP contribution in [0.3, 0.4) is 0 Å². The van der Waals surface area contributed by atoms with Crippen LogP contribution in [-0.4, -0.2) is 31.2 Å². The minimum Gasteiger partial charge on any atom is -0.497 e. The molecular weight excluding hydrogens is 358 g/mol. The highest BCUT2D eigenvalue weighted by molar-refractivity contribution is 5.79. The Labute approximate surface area is 156 Å². The van der Waals surface area contributed by atoms with Gasteiger partial charge in [0, 0.05) is 18.2 Å². The van der Waals surface area contributed by atoms with Crippen LogP contribution in [0.15, 0.2) is 27.6 Å². The molecule has 2 N–H and O–H groups in total. The van der Waals surface area contributed by atoms with Gasteiger partial charge in [-0.2, -0.15) is 8.78 Å². The maximum Gasteiger partial charge on any atom is 0.387 e. The maximum absolute atomic E-state index is 12.7. The summed E-state index contributed by atoms with van der Waals surface area (Å²) >= 11 is 0. The molecule has 0 bridgehead atoms. The fourth-order valence-electron chi connectivity index (χ4n) is 2.28. The van der Waals surface area contributed by atoms with E-state index < -0.39 is 6.61 Å². The van der Waals surface area contributed by atoms with E-state index in [0.717, 1.165) is 11.5 Å². The van der Waals surface area contributed by atoms with E-state index in [9.17, 15) is 8.78 Å². The summed E-state index contributed by atoms with van der Waals surface area (Å²) in [6, 6.07) is 4.72. The van der Waals surface area contributed by atoms with E-state index in [4.69, 9.17) is 9.15 Å². The molecule has 7 nitrogen and oxygen atoms in total. The van der Waals surface area contributed by atoms with E-state index in [1.54, 1.807) is 12.1 Å². The Hall–Kier alpha value is -2.84. The van der Waals surface area contributed by atoms with Crippen LogP contribution in [-0.2, 0) is 13.1 Å². The average Bonchev–Trinajstić information content (AvgIpc) is 2.95. The quantitative estimate of drug-likeness (QED) is 0.539. The van der Waals surface area contributed by atoms with E-state index in [1.807, 2.05) is 20.8 Å². The number of benzene rings is 1. The lowest BCUT2D eigenvalue weighted by Gasteiger charge is -2.13. The molecule has 1 aromatic heterocycles. The average molecular weight is 382 g/mol. The highest BCUT2D eigenvalue weighted by Gasteiger charge is 2.12. The number of alkyl halides is 2. The first kappa shape index (κ1) is 20.5. The van der Waals surface area contributed by atoms with Crippen LogP contribution < -0.4 is 20.1 Å². The SMILES string of the molecule is CCNC(=NCc1ccc(OC)cc1OC(F)F)NCc1nc(C)c(C)o1. The number of methoxy groups -OCH3 is 1. The van der Waals surface area contributed by atoms with Gasteiger partial charge >= 0.3 is 6.61 Å². The maximum atomic E-state index is 12.7. The topological polar surface area (TPSA) is 80.9 Å². The van der Waals surface area contributed by atoms with Crippen LogP contribution in [0, 0.1) is 13.8 Å². The van der Waals surface area contributed by atoms with Crippen molar-refractivity contribution >= 4 is 5.96 Å².